The molecule has 0 bridgehead atoms. The van der Waals surface area contributed by atoms with E-state index in [0.717, 1.165) is 28.8 Å². The van der Waals surface area contributed by atoms with E-state index in [4.69, 9.17) is 0 Å². The monoisotopic (exact) mass is 573 g/mol. The van der Waals surface area contributed by atoms with Gasteiger partial charge in [-0.1, -0.05) is 39.0 Å². The van der Waals surface area contributed by atoms with Crippen molar-refractivity contribution < 1.29 is 35.6 Å². The van der Waals surface area contributed by atoms with Crippen LogP contribution in [0.1, 0.15) is 51.2 Å². The Morgan fingerprint density at radius 3 is 2.23 bits per heavy atom. The van der Waals surface area contributed by atoms with Crippen LogP contribution in [0.25, 0.3) is 0 Å². The summed E-state index contributed by atoms with van der Waals surface area (Å²) < 4.78 is 78.6. The van der Waals surface area contributed by atoms with Crippen LogP contribution in [0.2, 0.25) is 0 Å². The molecule has 2 rings (SSSR count). The number of sulfonamides is 1. The molecule has 12 heteroatoms. The summed E-state index contributed by atoms with van der Waals surface area (Å²) in [7, 11) is -3.96. The summed E-state index contributed by atoms with van der Waals surface area (Å²) in [4.78, 5) is 27.7. The molecular formula is C27H35F4N3O4S. The molecule has 39 heavy (non-hydrogen) atoms. The van der Waals surface area contributed by atoms with Gasteiger partial charge in [-0.25, -0.2) is 12.8 Å². The van der Waals surface area contributed by atoms with Crippen molar-refractivity contribution in [2.75, 3.05) is 23.7 Å². The zero-order valence-electron chi connectivity index (χ0n) is 22.5. The van der Waals surface area contributed by atoms with E-state index in [0.29, 0.717) is 18.5 Å². The smallest absolute Gasteiger partial charge is 0.354 e. The molecule has 0 spiro atoms. The van der Waals surface area contributed by atoms with Crippen LogP contribution in [-0.2, 0) is 32.3 Å². The first-order valence-electron chi connectivity index (χ1n) is 12.6. The first kappa shape index (κ1) is 32.1. The van der Waals surface area contributed by atoms with Gasteiger partial charge in [-0.2, -0.15) is 13.2 Å². The summed E-state index contributed by atoms with van der Waals surface area (Å²) in [5.41, 5.74) is -0.558. The Kier molecular flexibility index (Phi) is 11.3. The van der Waals surface area contributed by atoms with Crippen LogP contribution in [-0.4, -0.2) is 50.5 Å². The third-order valence-corrected chi connectivity index (χ3v) is 7.14. The third kappa shape index (κ3) is 9.83. The average Bonchev–Trinajstić information content (AvgIpc) is 2.85. The Bertz CT molecular complexity index is 1220. The zero-order chi connectivity index (χ0) is 29.4. The van der Waals surface area contributed by atoms with E-state index in [-0.39, 0.29) is 43.4 Å². The average molecular weight is 574 g/mol. The van der Waals surface area contributed by atoms with Crippen LogP contribution < -0.4 is 9.62 Å². The van der Waals surface area contributed by atoms with E-state index in [2.05, 4.69) is 5.32 Å². The fourth-order valence-corrected chi connectivity index (χ4v) is 4.93. The second-order valence-corrected chi connectivity index (χ2v) is 11.6. The van der Waals surface area contributed by atoms with Crippen molar-refractivity contribution in [3.05, 3.63) is 65.5 Å². The van der Waals surface area contributed by atoms with Gasteiger partial charge in [0.2, 0.25) is 21.8 Å². The van der Waals surface area contributed by atoms with Gasteiger partial charge < -0.3 is 10.2 Å². The number of halogens is 4. The number of anilines is 1. The van der Waals surface area contributed by atoms with E-state index < -0.39 is 39.5 Å². The number of benzene rings is 2. The number of hydrogen-bond acceptors (Lipinski definition) is 4. The number of hydrogen-bond donors (Lipinski definition) is 1. The number of rotatable bonds is 13. The largest absolute Gasteiger partial charge is 0.416 e. The van der Waals surface area contributed by atoms with Gasteiger partial charge in [0.05, 0.1) is 17.5 Å². The first-order chi connectivity index (χ1) is 18.1. The van der Waals surface area contributed by atoms with E-state index >= 15 is 0 Å². The Morgan fingerprint density at radius 2 is 1.69 bits per heavy atom. The van der Waals surface area contributed by atoms with Gasteiger partial charge in [0.1, 0.15) is 11.9 Å². The van der Waals surface area contributed by atoms with Crippen LogP contribution >= 0.6 is 0 Å². The number of carbonyl (C=O) groups excluding carboxylic acids is 2. The van der Waals surface area contributed by atoms with Crippen LogP contribution in [0.15, 0.2) is 48.5 Å². The number of nitrogens with one attached hydrogen (secondary N) is 1. The third-order valence-electron chi connectivity index (χ3n) is 5.95. The highest BCUT2D eigenvalue weighted by molar-refractivity contribution is 7.92. The van der Waals surface area contributed by atoms with E-state index in [9.17, 15) is 35.6 Å². The SMILES string of the molecule is CC[C@H](C(=O)NCC(C)C)N(Cc1ccc(F)cc1)C(=O)CCCN(c1cccc(C(F)(F)F)c1)S(C)(=O)=O. The number of amides is 2. The van der Waals surface area contributed by atoms with Crippen molar-refractivity contribution in [2.24, 2.45) is 5.92 Å². The minimum Gasteiger partial charge on any atom is -0.354 e. The predicted octanol–water partition coefficient (Wildman–Crippen LogP) is 4.97. The lowest BCUT2D eigenvalue weighted by Gasteiger charge is -2.31. The summed E-state index contributed by atoms with van der Waals surface area (Å²) >= 11 is 0. The minimum atomic E-state index is -4.65. The molecule has 7 nitrogen and oxygen atoms in total. The fourth-order valence-electron chi connectivity index (χ4n) is 3.97. The molecule has 0 heterocycles. The molecule has 0 fully saturated rings. The van der Waals surface area contributed by atoms with Gasteiger partial charge in [0, 0.05) is 26.1 Å². The molecule has 0 unspecified atom stereocenters. The summed E-state index contributed by atoms with van der Waals surface area (Å²) in [6, 6.07) is 8.65. The predicted molar refractivity (Wildman–Crippen MR) is 142 cm³/mol. The van der Waals surface area contributed by atoms with Crippen LogP contribution in [0.3, 0.4) is 0 Å². The van der Waals surface area contributed by atoms with Gasteiger partial charge in [0.25, 0.3) is 0 Å². The molecule has 0 aromatic heterocycles. The molecule has 0 aliphatic carbocycles. The standard InChI is InChI=1S/C27H35F4N3O4S/c1-5-24(26(36)32-17-19(2)3)33(18-20-11-13-22(28)14-12-20)25(35)10-7-15-34(39(4,37)38)23-9-6-8-21(16-23)27(29,30)31/h6,8-9,11-14,16,19,24H,5,7,10,15,17-18H2,1-4H3,(H,32,36)/t24-/m1/s1. The Morgan fingerprint density at radius 1 is 1.05 bits per heavy atom. The fraction of sp³-hybridized carbons (Fsp3) is 0.481. The van der Waals surface area contributed by atoms with Gasteiger partial charge in [0.15, 0.2) is 0 Å². The Hall–Kier alpha value is -3.15. The van der Waals surface area contributed by atoms with E-state index in [1.807, 2.05) is 13.8 Å². The summed E-state index contributed by atoms with van der Waals surface area (Å²) in [6.45, 7) is 5.81. The lowest BCUT2D eigenvalue weighted by atomic mass is 10.1. The van der Waals surface area contributed by atoms with E-state index in [1.54, 1.807) is 6.92 Å². The molecule has 2 aromatic carbocycles. The summed E-state index contributed by atoms with van der Waals surface area (Å²) in [5.74, 6) is -1.05. The Balaban J connectivity index is 2.25. The van der Waals surface area contributed by atoms with Gasteiger partial charge >= 0.3 is 6.18 Å². The maximum Gasteiger partial charge on any atom is 0.416 e. The lowest BCUT2D eigenvalue weighted by Crippen LogP contribution is -2.49. The molecule has 2 amide bonds. The highest BCUT2D eigenvalue weighted by atomic mass is 32.2. The molecule has 0 aliphatic heterocycles. The van der Waals surface area contributed by atoms with Gasteiger partial charge in [-0.15, -0.1) is 0 Å². The molecular weight excluding hydrogens is 538 g/mol. The van der Waals surface area contributed by atoms with E-state index in [1.165, 1.54) is 35.2 Å². The maximum absolute atomic E-state index is 13.4. The highest BCUT2D eigenvalue weighted by Crippen LogP contribution is 2.32. The van der Waals surface area contributed by atoms with Crippen LogP contribution in [0.5, 0.6) is 0 Å². The molecule has 1 N–H and O–H groups in total. The topological polar surface area (TPSA) is 86.8 Å². The molecule has 216 valence electrons. The molecule has 2 aromatic rings. The van der Waals surface area contributed by atoms with Gasteiger partial charge in [-0.3, -0.25) is 13.9 Å². The molecule has 0 aliphatic rings. The second-order valence-electron chi connectivity index (χ2n) is 9.70. The molecule has 0 saturated heterocycles. The van der Waals surface area contributed by atoms with Crippen molar-refractivity contribution in [3.8, 4) is 0 Å². The molecule has 1 atom stereocenters. The highest BCUT2D eigenvalue weighted by Gasteiger charge is 2.32. The van der Waals surface area contributed by atoms with Gasteiger partial charge in [-0.05, 0) is 54.7 Å². The zero-order valence-corrected chi connectivity index (χ0v) is 23.3. The van der Waals surface area contributed by atoms with Crippen molar-refractivity contribution in [2.45, 2.75) is 58.8 Å². The van der Waals surface area contributed by atoms with Crippen molar-refractivity contribution in [1.82, 2.24) is 10.2 Å². The number of carbonyl (C=O) groups is 2. The van der Waals surface area contributed by atoms with Crippen LogP contribution in [0.4, 0.5) is 23.2 Å². The first-order valence-corrected chi connectivity index (χ1v) is 14.4. The lowest BCUT2D eigenvalue weighted by molar-refractivity contribution is -0.141. The van der Waals surface area contributed by atoms with Crippen molar-refractivity contribution in [3.63, 3.8) is 0 Å². The summed E-state index contributed by atoms with van der Waals surface area (Å²) in [6.07, 6.45) is -3.65. The number of nitrogens with zero attached hydrogens (tertiary/aromatic N) is 2. The number of alkyl halides is 3. The quantitative estimate of drug-likeness (QED) is 0.343. The van der Waals surface area contributed by atoms with Crippen LogP contribution in [0, 0.1) is 11.7 Å². The minimum absolute atomic E-state index is 0.00782. The maximum atomic E-state index is 13.4. The van der Waals surface area contributed by atoms with Crippen molar-refractivity contribution >= 4 is 27.5 Å². The second kappa shape index (κ2) is 13.8. The van der Waals surface area contributed by atoms with Crippen molar-refractivity contribution in [1.29, 1.82) is 0 Å². The molecule has 0 saturated carbocycles. The summed E-state index contributed by atoms with van der Waals surface area (Å²) in [5, 5.41) is 2.82. The normalized spacial score (nSPS) is 12.7. The Labute approximate surface area is 227 Å². The molecule has 0 radical (unpaired) electrons.